The van der Waals surface area contributed by atoms with E-state index in [9.17, 15) is 4.79 Å². The normalized spacial score (nSPS) is 12.3. The molecule has 2 N–H and O–H groups in total. The summed E-state index contributed by atoms with van der Waals surface area (Å²) in [7, 11) is 0. The van der Waals surface area contributed by atoms with Crippen molar-refractivity contribution in [1.82, 2.24) is 5.32 Å². The second-order valence-corrected chi connectivity index (χ2v) is 4.66. The monoisotopic (exact) mass is 249 g/mol. The van der Waals surface area contributed by atoms with Crippen molar-refractivity contribution in [3.8, 4) is 0 Å². The van der Waals surface area contributed by atoms with Crippen molar-refractivity contribution in [2.45, 2.75) is 45.6 Å². The average molecular weight is 249 g/mol. The highest BCUT2D eigenvalue weighted by Gasteiger charge is 2.15. The SMILES string of the molecule is CCCCC(NCCc1ccccc1C)C(=O)O. The van der Waals surface area contributed by atoms with Crippen LogP contribution in [-0.2, 0) is 11.2 Å². The van der Waals surface area contributed by atoms with Crippen LogP contribution in [0.25, 0.3) is 0 Å². The zero-order chi connectivity index (χ0) is 13.4. The first-order valence-electron chi connectivity index (χ1n) is 6.65. The van der Waals surface area contributed by atoms with E-state index in [0.717, 1.165) is 19.3 Å². The maximum Gasteiger partial charge on any atom is 0.320 e. The van der Waals surface area contributed by atoms with E-state index in [2.05, 4.69) is 31.3 Å². The first kappa shape index (κ1) is 14.7. The van der Waals surface area contributed by atoms with E-state index in [1.807, 2.05) is 12.1 Å². The molecule has 0 saturated carbocycles. The number of unbranched alkanes of at least 4 members (excludes halogenated alkanes) is 1. The summed E-state index contributed by atoms with van der Waals surface area (Å²) in [5.41, 5.74) is 2.55. The van der Waals surface area contributed by atoms with Crippen LogP contribution >= 0.6 is 0 Å². The molecular formula is C15H23NO2. The summed E-state index contributed by atoms with van der Waals surface area (Å²) in [5, 5.41) is 12.2. The van der Waals surface area contributed by atoms with E-state index in [4.69, 9.17) is 5.11 Å². The smallest absolute Gasteiger partial charge is 0.320 e. The van der Waals surface area contributed by atoms with Crippen molar-refractivity contribution < 1.29 is 9.90 Å². The maximum absolute atomic E-state index is 11.1. The Morgan fingerprint density at radius 3 is 2.72 bits per heavy atom. The lowest BCUT2D eigenvalue weighted by molar-refractivity contribution is -0.139. The Bertz CT molecular complexity index is 377. The minimum atomic E-state index is -0.742. The molecule has 0 bridgehead atoms. The molecule has 100 valence electrons. The minimum absolute atomic E-state index is 0.408. The molecule has 0 aliphatic rings. The number of nitrogens with one attached hydrogen (secondary N) is 1. The van der Waals surface area contributed by atoms with Crippen LogP contribution in [0.5, 0.6) is 0 Å². The van der Waals surface area contributed by atoms with E-state index >= 15 is 0 Å². The van der Waals surface area contributed by atoms with Gasteiger partial charge in [-0.25, -0.2) is 0 Å². The van der Waals surface area contributed by atoms with Gasteiger partial charge in [-0.05, 0) is 37.4 Å². The molecule has 0 amide bonds. The summed E-state index contributed by atoms with van der Waals surface area (Å²) in [6, 6.07) is 7.82. The van der Waals surface area contributed by atoms with Crippen molar-refractivity contribution >= 4 is 5.97 Å². The van der Waals surface area contributed by atoms with E-state index in [-0.39, 0.29) is 0 Å². The minimum Gasteiger partial charge on any atom is -0.480 e. The van der Waals surface area contributed by atoms with Crippen LogP contribution in [0, 0.1) is 6.92 Å². The standard InChI is InChI=1S/C15H23NO2/c1-3-4-9-14(15(17)18)16-11-10-13-8-6-5-7-12(13)2/h5-8,14,16H,3-4,9-11H2,1-2H3,(H,17,18). The van der Waals surface area contributed by atoms with E-state index in [1.54, 1.807) is 0 Å². The summed E-state index contributed by atoms with van der Waals surface area (Å²) >= 11 is 0. The number of benzene rings is 1. The largest absolute Gasteiger partial charge is 0.480 e. The topological polar surface area (TPSA) is 49.3 Å². The molecule has 0 aliphatic heterocycles. The van der Waals surface area contributed by atoms with Gasteiger partial charge >= 0.3 is 5.97 Å². The molecule has 0 aromatic heterocycles. The lowest BCUT2D eigenvalue weighted by atomic mass is 10.1. The fourth-order valence-electron chi connectivity index (χ4n) is 1.99. The molecule has 18 heavy (non-hydrogen) atoms. The van der Waals surface area contributed by atoms with Crippen LogP contribution < -0.4 is 5.32 Å². The Morgan fingerprint density at radius 2 is 2.11 bits per heavy atom. The fraction of sp³-hybridized carbons (Fsp3) is 0.533. The van der Waals surface area contributed by atoms with Crippen LogP contribution in [0.1, 0.15) is 37.3 Å². The molecule has 0 spiro atoms. The van der Waals surface area contributed by atoms with Crippen molar-refractivity contribution in [1.29, 1.82) is 0 Å². The van der Waals surface area contributed by atoms with E-state index in [0.29, 0.717) is 13.0 Å². The van der Waals surface area contributed by atoms with Gasteiger partial charge in [0.1, 0.15) is 6.04 Å². The van der Waals surface area contributed by atoms with Gasteiger partial charge in [-0.3, -0.25) is 4.79 Å². The van der Waals surface area contributed by atoms with Gasteiger partial charge in [-0.2, -0.15) is 0 Å². The number of aryl methyl sites for hydroxylation is 1. The molecule has 0 aliphatic carbocycles. The molecule has 0 saturated heterocycles. The lowest BCUT2D eigenvalue weighted by Gasteiger charge is -2.14. The van der Waals surface area contributed by atoms with Gasteiger partial charge in [0.25, 0.3) is 0 Å². The Balaban J connectivity index is 2.39. The number of carboxylic acid groups (broad SMARTS) is 1. The summed E-state index contributed by atoms with van der Waals surface area (Å²) in [5.74, 6) is -0.742. The highest BCUT2D eigenvalue weighted by molar-refractivity contribution is 5.73. The predicted octanol–water partition coefficient (Wildman–Crippen LogP) is 2.77. The van der Waals surface area contributed by atoms with E-state index in [1.165, 1.54) is 11.1 Å². The van der Waals surface area contributed by atoms with Crippen LogP contribution in [0.3, 0.4) is 0 Å². The molecule has 1 atom stereocenters. The molecule has 1 aromatic carbocycles. The Labute approximate surface area is 109 Å². The number of hydrogen-bond donors (Lipinski definition) is 2. The highest BCUT2D eigenvalue weighted by Crippen LogP contribution is 2.07. The maximum atomic E-state index is 11.1. The average Bonchev–Trinajstić information content (AvgIpc) is 2.35. The van der Waals surface area contributed by atoms with Gasteiger partial charge in [0.15, 0.2) is 0 Å². The Hall–Kier alpha value is -1.35. The first-order valence-corrected chi connectivity index (χ1v) is 6.65. The second-order valence-electron chi connectivity index (χ2n) is 4.66. The lowest BCUT2D eigenvalue weighted by Crippen LogP contribution is -2.37. The van der Waals surface area contributed by atoms with Gasteiger partial charge in [-0.1, -0.05) is 44.0 Å². The predicted molar refractivity (Wildman–Crippen MR) is 73.8 cm³/mol. The van der Waals surface area contributed by atoms with Crippen LogP contribution in [-0.4, -0.2) is 23.7 Å². The molecule has 0 radical (unpaired) electrons. The molecule has 0 fully saturated rings. The van der Waals surface area contributed by atoms with Crippen molar-refractivity contribution in [2.75, 3.05) is 6.54 Å². The fourth-order valence-corrected chi connectivity index (χ4v) is 1.99. The van der Waals surface area contributed by atoms with Gasteiger partial charge in [0.05, 0.1) is 0 Å². The highest BCUT2D eigenvalue weighted by atomic mass is 16.4. The Kier molecular flexibility index (Phi) is 6.44. The molecule has 3 heteroatoms. The summed E-state index contributed by atoms with van der Waals surface area (Å²) in [6.45, 7) is 4.87. The molecule has 1 aromatic rings. The van der Waals surface area contributed by atoms with E-state index < -0.39 is 12.0 Å². The van der Waals surface area contributed by atoms with Gasteiger partial charge < -0.3 is 10.4 Å². The number of rotatable bonds is 8. The van der Waals surface area contributed by atoms with Crippen LogP contribution in [0.2, 0.25) is 0 Å². The van der Waals surface area contributed by atoms with Gasteiger partial charge in [0, 0.05) is 0 Å². The number of aliphatic carboxylic acids is 1. The first-order chi connectivity index (χ1) is 8.65. The number of hydrogen-bond acceptors (Lipinski definition) is 2. The van der Waals surface area contributed by atoms with Gasteiger partial charge in [0.2, 0.25) is 0 Å². The summed E-state index contributed by atoms with van der Waals surface area (Å²) in [6.07, 6.45) is 3.57. The number of carbonyl (C=O) groups is 1. The summed E-state index contributed by atoms with van der Waals surface area (Å²) < 4.78 is 0. The van der Waals surface area contributed by atoms with Crippen molar-refractivity contribution in [3.63, 3.8) is 0 Å². The molecule has 1 rings (SSSR count). The van der Waals surface area contributed by atoms with Crippen molar-refractivity contribution in [3.05, 3.63) is 35.4 Å². The Morgan fingerprint density at radius 1 is 1.39 bits per heavy atom. The quantitative estimate of drug-likeness (QED) is 0.745. The molecular weight excluding hydrogens is 226 g/mol. The zero-order valence-electron chi connectivity index (χ0n) is 11.3. The van der Waals surface area contributed by atoms with Crippen LogP contribution in [0.4, 0.5) is 0 Å². The molecule has 0 heterocycles. The zero-order valence-corrected chi connectivity index (χ0v) is 11.3. The van der Waals surface area contributed by atoms with Crippen LogP contribution in [0.15, 0.2) is 24.3 Å². The number of carboxylic acids is 1. The summed E-state index contributed by atoms with van der Waals surface area (Å²) in [4.78, 5) is 11.1. The third kappa shape index (κ3) is 4.88. The molecule has 1 unspecified atom stereocenters. The third-order valence-corrected chi connectivity index (χ3v) is 3.19. The molecule has 3 nitrogen and oxygen atoms in total. The van der Waals surface area contributed by atoms with Gasteiger partial charge in [-0.15, -0.1) is 0 Å². The van der Waals surface area contributed by atoms with Crippen molar-refractivity contribution in [2.24, 2.45) is 0 Å². The third-order valence-electron chi connectivity index (χ3n) is 3.19. The second kappa shape index (κ2) is 7.88.